The van der Waals surface area contributed by atoms with Crippen LogP contribution in [0, 0.1) is 5.92 Å². The molecule has 0 bridgehead atoms. The normalized spacial score (nSPS) is 15.6. The predicted molar refractivity (Wildman–Crippen MR) is 126 cm³/mol. The van der Waals surface area contributed by atoms with Crippen LogP contribution >= 0.6 is 0 Å². The predicted octanol–water partition coefficient (Wildman–Crippen LogP) is 4.10. The summed E-state index contributed by atoms with van der Waals surface area (Å²) >= 11 is 0. The van der Waals surface area contributed by atoms with Crippen molar-refractivity contribution in [3.8, 4) is 0 Å². The van der Waals surface area contributed by atoms with Gasteiger partial charge in [0.25, 0.3) is 0 Å². The van der Waals surface area contributed by atoms with Crippen molar-refractivity contribution in [1.82, 2.24) is 19.8 Å². The molecule has 2 heterocycles. The molecule has 32 heavy (non-hydrogen) atoms. The molecule has 1 fully saturated rings. The van der Waals surface area contributed by atoms with Crippen LogP contribution in [0.5, 0.6) is 0 Å². The summed E-state index contributed by atoms with van der Waals surface area (Å²) in [6.45, 7) is 6.05. The Morgan fingerprint density at radius 3 is 2.50 bits per heavy atom. The van der Waals surface area contributed by atoms with Crippen LogP contribution in [0.1, 0.15) is 50.5 Å². The molecule has 0 spiro atoms. The molecule has 3 aromatic rings. The lowest BCUT2D eigenvalue weighted by atomic mass is 9.99. The number of nitrogens with zero attached hydrogens (tertiary/aromatic N) is 3. The maximum absolute atomic E-state index is 13.1. The fourth-order valence-electron chi connectivity index (χ4n) is 4.36. The SMILES string of the molecule is CC1CCN(C(=O)Cn2c(C(C)NC(=O)CCc3ccccc3)nc3ccccc32)CC1. The molecular formula is C26H32N4O2. The summed E-state index contributed by atoms with van der Waals surface area (Å²) in [6.07, 6.45) is 3.22. The van der Waals surface area contributed by atoms with Crippen LogP contribution in [0.25, 0.3) is 11.0 Å². The molecule has 0 saturated carbocycles. The van der Waals surface area contributed by atoms with E-state index in [-0.39, 0.29) is 24.4 Å². The van der Waals surface area contributed by atoms with Gasteiger partial charge in [-0.15, -0.1) is 0 Å². The van der Waals surface area contributed by atoms with Crippen LogP contribution in [0.2, 0.25) is 0 Å². The smallest absolute Gasteiger partial charge is 0.242 e. The molecule has 6 nitrogen and oxygen atoms in total. The van der Waals surface area contributed by atoms with Crippen molar-refractivity contribution >= 4 is 22.8 Å². The average Bonchev–Trinajstić information content (AvgIpc) is 3.17. The van der Waals surface area contributed by atoms with E-state index in [0.717, 1.165) is 48.4 Å². The van der Waals surface area contributed by atoms with Crippen LogP contribution in [-0.4, -0.2) is 39.4 Å². The van der Waals surface area contributed by atoms with Crippen molar-refractivity contribution in [2.24, 2.45) is 5.92 Å². The number of amides is 2. The Morgan fingerprint density at radius 1 is 1.06 bits per heavy atom. The summed E-state index contributed by atoms with van der Waals surface area (Å²) in [7, 11) is 0. The summed E-state index contributed by atoms with van der Waals surface area (Å²) < 4.78 is 1.97. The number of imidazole rings is 1. The van der Waals surface area contributed by atoms with Crippen molar-refractivity contribution in [1.29, 1.82) is 0 Å². The van der Waals surface area contributed by atoms with Gasteiger partial charge >= 0.3 is 0 Å². The number of rotatable bonds is 7. The van der Waals surface area contributed by atoms with Gasteiger partial charge in [-0.2, -0.15) is 0 Å². The van der Waals surface area contributed by atoms with E-state index < -0.39 is 0 Å². The molecule has 1 aliphatic rings. The van der Waals surface area contributed by atoms with Gasteiger partial charge in [0.2, 0.25) is 11.8 Å². The van der Waals surface area contributed by atoms with Gasteiger partial charge in [-0.05, 0) is 49.8 Å². The fourth-order valence-corrected chi connectivity index (χ4v) is 4.36. The van der Waals surface area contributed by atoms with E-state index in [2.05, 4.69) is 12.2 Å². The monoisotopic (exact) mass is 432 g/mol. The number of carbonyl (C=O) groups excluding carboxylic acids is 2. The molecule has 1 N–H and O–H groups in total. The van der Waals surface area contributed by atoms with Crippen molar-refractivity contribution in [2.75, 3.05) is 13.1 Å². The molecule has 1 unspecified atom stereocenters. The molecule has 6 heteroatoms. The zero-order chi connectivity index (χ0) is 22.5. The Labute approximate surface area is 189 Å². The van der Waals surface area contributed by atoms with Gasteiger partial charge in [0, 0.05) is 19.5 Å². The molecule has 168 valence electrons. The van der Waals surface area contributed by atoms with Crippen LogP contribution in [0.4, 0.5) is 0 Å². The highest BCUT2D eigenvalue weighted by Gasteiger charge is 2.24. The summed E-state index contributed by atoms with van der Waals surface area (Å²) in [5, 5.41) is 3.08. The number of para-hydroxylation sites is 2. The molecule has 1 saturated heterocycles. The van der Waals surface area contributed by atoms with Crippen molar-refractivity contribution in [3.63, 3.8) is 0 Å². The Bertz CT molecular complexity index is 1070. The zero-order valence-electron chi connectivity index (χ0n) is 19.0. The topological polar surface area (TPSA) is 67.2 Å². The third kappa shape index (κ3) is 5.18. The van der Waals surface area contributed by atoms with Crippen LogP contribution in [0.3, 0.4) is 0 Å². The number of likely N-dealkylation sites (tertiary alicyclic amines) is 1. The highest BCUT2D eigenvalue weighted by atomic mass is 16.2. The second kappa shape index (κ2) is 9.98. The van der Waals surface area contributed by atoms with Gasteiger partial charge in [-0.25, -0.2) is 4.98 Å². The molecular weight excluding hydrogens is 400 g/mol. The quantitative estimate of drug-likeness (QED) is 0.611. The maximum atomic E-state index is 13.1. The van der Waals surface area contributed by atoms with Crippen molar-refractivity contribution in [3.05, 3.63) is 66.0 Å². The summed E-state index contributed by atoms with van der Waals surface area (Å²) in [4.78, 5) is 32.4. The number of nitrogens with one attached hydrogen (secondary N) is 1. The molecule has 2 amide bonds. The first-order chi connectivity index (χ1) is 15.5. The Balaban J connectivity index is 1.47. The molecule has 2 aromatic carbocycles. The lowest BCUT2D eigenvalue weighted by Gasteiger charge is -2.30. The van der Waals surface area contributed by atoms with Crippen LogP contribution in [0.15, 0.2) is 54.6 Å². The van der Waals surface area contributed by atoms with Crippen LogP contribution < -0.4 is 5.32 Å². The Kier molecular flexibility index (Phi) is 6.88. The van der Waals surface area contributed by atoms with E-state index in [9.17, 15) is 9.59 Å². The average molecular weight is 433 g/mol. The van der Waals surface area contributed by atoms with Gasteiger partial charge in [-0.1, -0.05) is 49.4 Å². The zero-order valence-corrected chi connectivity index (χ0v) is 19.0. The molecule has 0 aliphatic carbocycles. The van der Waals surface area contributed by atoms with Crippen LogP contribution in [-0.2, 0) is 22.6 Å². The number of carbonyl (C=O) groups is 2. The summed E-state index contributed by atoms with van der Waals surface area (Å²) in [5.74, 6) is 1.49. The second-order valence-corrected chi connectivity index (χ2v) is 8.88. The Morgan fingerprint density at radius 2 is 1.75 bits per heavy atom. The van der Waals surface area contributed by atoms with Gasteiger partial charge < -0.3 is 14.8 Å². The minimum Gasteiger partial charge on any atom is -0.346 e. The molecule has 1 aliphatic heterocycles. The first-order valence-electron chi connectivity index (χ1n) is 11.6. The maximum Gasteiger partial charge on any atom is 0.242 e. The van der Waals surface area contributed by atoms with E-state index in [0.29, 0.717) is 18.8 Å². The molecule has 1 atom stereocenters. The number of hydrogen-bond donors (Lipinski definition) is 1. The second-order valence-electron chi connectivity index (χ2n) is 8.88. The number of benzene rings is 2. The lowest BCUT2D eigenvalue weighted by molar-refractivity contribution is -0.133. The van der Waals surface area contributed by atoms with Gasteiger partial charge in [0.05, 0.1) is 17.1 Å². The van der Waals surface area contributed by atoms with E-state index in [1.807, 2.05) is 71.0 Å². The number of hydrogen-bond acceptors (Lipinski definition) is 3. The first-order valence-corrected chi connectivity index (χ1v) is 11.6. The Hall–Kier alpha value is -3.15. The number of piperidine rings is 1. The van der Waals surface area contributed by atoms with E-state index >= 15 is 0 Å². The van der Waals surface area contributed by atoms with E-state index in [1.165, 1.54) is 0 Å². The highest BCUT2D eigenvalue weighted by molar-refractivity contribution is 5.82. The molecule has 1 aromatic heterocycles. The first kappa shape index (κ1) is 22.1. The standard InChI is InChI=1S/C26H32N4O2/c1-19-14-16-29(17-15-19)25(32)18-30-23-11-7-6-10-22(23)28-26(30)20(2)27-24(31)13-12-21-8-4-3-5-9-21/h3-11,19-20H,12-18H2,1-2H3,(H,27,31). The third-order valence-corrected chi connectivity index (χ3v) is 6.36. The minimum absolute atomic E-state index is 0.0173. The van der Waals surface area contributed by atoms with E-state index in [1.54, 1.807) is 0 Å². The highest BCUT2D eigenvalue weighted by Crippen LogP contribution is 2.22. The summed E-state index contributed by atoms with van der Waals surface area (Å²) in [6, 6.07) is 17.6. The van der Waals surface area contributed by atoms with Gasteiger partial charge in [0.1, 0.15) is 12.4 Å². The summed E-state index contributed by atoms with van der Waals surface area (Å²) in [5.41, 5.74) is 2.91. The number of aromatic nitrogens is 2. The number of aryl methyl sites for hydroxylation is 1. The number of fused-ring (bicyclic) bond motifs is 1. The molecule has 4 rings (SSSR count). The van der Waals surface area contributed by atoms with Gasteiger partial charge in [0.15, 0.2) is 0 Å². The minimum atomic E-state index is -0.292. The lowest BCUT2D eigenvalue weighted by Crippen LogP contribution is -2.40. The van der Waals surface area contributed by atoms with E-state index in [4.69, 9.17) is 4.98 Å². The van der Waals surface area contributed by atoms with Gasteiger partial charge in [-0.3, -0.25) is 9.59 Å². The fraction of sp³-hybridized carbons (Fsp3) is 0.423. The van der Waals surface area contributed by atoms with Crippen molar-refractivity contribution in [2.45, 2.75) is 52.1 Å². The molecule has 0 radical (unpaired) electrons. The van der Waals surface area contributed by atoms with Crippen molar-refractivity contribution < 1.29 is 9.59 Å². The third-order valence-electron chi connectivity index (χ3n) is 6.36. The largest absolute Gasteiger partial charge is 0.346 e.